The Bertz CT molecular complexity index is 570. The lowest BCUT2D eigenvalue weighted by Crippen LogP contribution is -1.96. The zero-order valence-electron chi connectivity index (χ0n) is 21.3. The van der Waals surface area contributed by atoms with Gasteiger partial charge in [-0.25, -0.2) is 0 Å². The van der Waals surface area contributed by atoms with Crippen molar-refractivity contribution in [2.45, 2.75) is 129 Å². The molecule has 0 radical (unpaired) electrons. The number of unbranched alkanes of at least 4 members (excludes halogenated alkanes) is 16. The number of hydrogen-bond acceptors (Lipinski definition) is 3. The standard InChI is InChI=1S/C29H51NO2/c1-3-5-7-8-9-10-11-12-13-14-15-16-17-18-19-20-23-30-26-27-21-22-28(25-29(27)31)32-24-6-4-2/h21-22,25-26,31H,3-20,23-24H2,1-2H3. The van der Waals surface area contributed by atoms with Crippen molar-refractivity contribution < 1.29 is 9.84 Å². The summed E-state index contributed by atoms with van der Waals surface area (Å²) in [6.07, 6.45) is 26.1. The fourth-order valence-corrected chi connectivity index (χ4v) is 3.97. The molecule has 1 N–H and O–H groups in total. The summed E-state index contributed by atoms with van der Waals surface area (Å²) < 4.78 is 5.62. The van der Waals surface area contributed by atoms with Gasteiger partial charge in [-0.05, 0) is 25.0 Å². The van der Waals surface area contributed by atoms with Crippen LogP contribution in [0.3, 0.4) is 0 Å². The van der Waals surface area contributed by atoms with E-state index in [1.54, 1.807) is 12.3 Å². The van der Waals surface area contributed by atoms with E-state index in [9.17, 15) is 5.11 Å². The second kappa shape index (κ2) is 21.3. The van der Waals surface area contributed by atoms with Crippen molar-refractivity contribution in [2.75, 3.05) is 13.2 Å². The molecule has 32 heavy (non-hydrogen) atoms. The van der Waals surface area contributed by atoms with Crippen molar-refractivity contribution in [3.05, 3.63) is 23.8 Å². The Hall–Kier alpha value is -1.51. The van der Waals surface area contributed by atoms with Gasteiger partial charge in [0.2, 0.25) is 0 Å². The van der Waals surface area contributed by atoms with E-state index in [1.165, 1.54) is 96.3 Å². The topological polar surface area (TPSA) is 41.8 Å². The average Bonchev–Trinajstić information content (AvgIpc) is 2.79. The Morgan fingerprint density at radius 2 is 1.19 bits per heavy atom. The number of nitrogens with zero attached hydrogens (tertiary/aromatic N) is 1. The van der Waals surface area contributed by atoms with Gasteiger partial charge in [0, 0.05) is 24.4 Å². The Morgan fingerprint density at radius 1 is 0.688 bits per heavy atom. The first-order chi connectivity index (χ1) is 15.8. The van der Waals surface area contributed by atoms with E-state index in [2.05, 4.69) is 18.8 Å². The molecular weight excluding hydrogens is 394 g/mol. The van der Waals surface area contributed by atoms with Crippen molar-refractivity contribution in [3.8, 4) is 11.5 Å². The van der Waals surface area contributed by atoms with Gasteiger partial charge in [-0.15, -0.1) is 0 Å². The lowest BCUT2D eigenvalue weighted by molar-refractivity contribution is 0.307. The van der Waals surface area contributed by atoms with Gasteiger partial charge in [-0.1, -0.05) is 117 Å². The first-order valence-corrected chi connectivity index (χ1v) is 13.7. The molecule has 0 spiro atoms. The maximum absolute atomic E-state index is 10.1. The molecule has 0 amide bonds. The van der Waals surface area contributed by atoms with E-state index in [0.29, 0.717) is 6.61 Å². The second-order valence-corrected chi connectivity index (χ2v) is 9.26. The summed E-state index contributed by atoms with van der Waals surface area (Å²) >= 11 is 0. The number of phenols is 1. The monoisotopic (exact) mass is 445 g/mol. The van der Waals surface area contributed by atoms with Gasteiger partial charge >= 0.3 is 0 Å². The second-order valence-electron chi connectivity index (χ2n) is 9.26. The van der Waals surface area contributed by atoms with Gasteiger partial charge in [0.15, 0.2) is 0 Å². The minimum absolute atomic E-state index is 0.245. The lowest BCUT2D eigenvalue weighted by atomic mass is 10.0. The van der Waals surface area contributed by atoms with Crippen molar-refractivity contribution in [1.82, 2.24) is 0 Å². The molecule has 1 aromatic rings. The molecule has 1 aromatic carbocycles. The number of ether oxygens (including phenoxy) is 1. The molecule has 0 saturated carbocycles. The summed E-state index contributed by atoms with van der Waals surface area (Å²) in [5.41, 5.74) is 0.768. The first-order valence-electron chi connectivity index (χ1n) is 13.7. The van der Waals surface area contributed by atoms with Crippen LogP contribution in [-0.2, 0) is 0 Å². The highest BCUT2D eigenvalue weighted by Crippen LogP contribution is 2.22. The number of aromatic hydroxyl groups is 1. The van der Waals surface area contributed by atoms with Crippen LogP contribution >= 0.6 is 0 Å². The molecule has 0 saturated heterocycles. The molecule has 1 rings (SSSR count). The van der Waals surface area contributed by atoms with Gasteiger partial charge in [0.05, 0.1) is 6.61 Å². The highest BCUT2D eigenvalue weighted by atomic mass is 16.5. The number of rotatable bonds is 22. The van der Waals surface area contributed by atoms with Crippen LogP contribution in [-0.4, -0.2) is 24.5 Å². The third-order valence-corrected chi connectivity index (χ3v) is 6.14. The summed E-state index contributed by atoms with van der Waals surface area (Å²) in [5, 5.41) is 10.1. The van der Waals surface area contributed by atoms with Gasteiger partial charge in [-0.2, -0.15) is 0 Å². The third kappa shape index (κ3) is 16.2. The maximum atomic E-state index is 10.1. The number of phenolic OH excluding ortho intramolecular Hbond substituents is 1. The average molecular weight is 446 g/mol. The Kier molecular flexibility index (Phi) is 19.0. The quantitative estimate of drug-likeness (QED) is 0.143. The highest BCUT2D eigenvalue weighted by Gasteiger charge is 2.01. The van der Waals surface area contributed by atoms with Crippen LogP contribution in [0.1, 0.15) is 135 Å². The van der Waals surface area contributed by atoms with E-state index < -0.39 is 0 Å². The number of benzene rings is 1. The predicted molar refractivity (Wildman–Crippen MR) is 141 cm³/mol. The molecule has 0 aliphatic carbocycles. The third-order valence-electron chi connectivity index (χ3n) is 6.14. The van der Waals surface area contributed by atoms with E-state index in [-0.39, 0.29) is 5.75 Å². The van der Waals surface area contributed by atoms with Gasteiger partial charge in [-0.3, -0.25) is 4.99 Å². The van der Waals surface area contributed by atoms with Crippen LogP contribution in [0.5, 0.6) is 11.5 Å². The summed E-state index contributed by atoms with van der Waals surface area (Å²) in [6.45, 7) is 5.96. The van der Waals surface area contributed by atoms with Crippen LogP contribution < -0.4 is 4.74 Å². The molecule has 0 aliphatic heterocycles. The molecule has 184 valence electrons. The molecule has 0 bridgehead atoms. The molecule has 3 nitrogen and oxygen atoms in total. The highest BCUT2D eigenvalue weighted by molar-refractivity contribution is 5.83. The first kappa shape index (κ1) is 28.5. The smallest absolute Gasteiger partial charge is 0.128 e. The molecular formula is C29H51NO2. The van der Waals surface area contributed by atoms with E-state index in [4.69, 9.17) is 4.74 Å². The molecule has 0 unspecified atom stereocenters. The van der Waals surface area contributed by atoms with Crippen LogP contribution in [0.25, 0.3) is 0 Å². The van der Waals surface area contributed by atoms with Crippen LogP contribution in [0.2, 0.25) is 0 Å². The van der Waals surface area contributed by atoms with Crippen molar-refractivity contribution in [2.24, 2.45) is 4.99 Å². The molecule has 0 fully saturated rings. The fraction of sp³-hybridized carbons (Fsp3) is 0.759. The van der Waals surface area contributed by atoms with Crippen molar-refractivity contribution >= 4 is 6.21 Å². The fourth-order valence-electron chi connectivity index (χ4n) is 3.97. The maximum Gasteiger partial charge on any atom is 0.128 e. The van der Waals surface area contributed by atoms with Crippen LogP contribution in [0, 0.1) is 0 Å². The van der Waals surface area contributed by atoms with Gasteiger partial charge in [0.25, 0.3) is 0 Å². The summed E-state index contributed by atoms with van der Waals surface area (Å²) in [4.78, 5) is 4.49. The zero-order valence-corrected chi connectivity index (χ0v) is 21.3. The summed E-state index contributed by atoms with van der Waals surface area (Å²) in [6, 6.07) is 5.48. The minimum Gasteiger partial charge on any atom is -0.507 e. The molecule has 0 aliphatic rings. The summed E-state index contributed by atoms with van der Waals surface area (Å²) in [5.74, 6) is 0.973. The van der Waals surface area contributed by atoms with E-state index >= 15 is 0 Å². The SMILES string of the molecule is CCCCCCCCCCCCCCCCCCN=Cc1ccc(OCCCC)cc1O. The van der Waals surface area contributed by atoms with Crippen LogP contribution in [0.15, 0.2) is 23.2 Å². The summed E-state index contributed by atoms with van der Waals surface area (Å²) in [7, 11) is 0. The molecule has 0 aromatic heterocycles. The van der Waals surface area contributed by atoms with Crippen molar-refractivity contribution in [3.63, 3.8) is 0 Å². The van der Waals surface area contributed by atoms with Gasteiger partial charge in [0.1, 0.15) is 11.5 Å². The largest absolute Gasteiger partial charge is 0.507 e. The Labute approximate surface area is 199 Å². The predicted octanol–water partition coefficient (Wildman–Crippen LogP) is 9.25. The number of aliphatic imine (C=N–C) groups is 1. The normalized spacial score (nSPS) is 11.4. The Balaban J connectivity index is 1.91. The minimum atomic E-state index is 0.245. The number of hydrogen-bond donors (Lipinski definition) is 1. The molecule has 0 atom stereocenters. The molecule has 3 heteroatoms. The van der Waals surface area contributed by atoms with E-state index in [0.717, 1.165) is 37.1 Å². The zero-order chi connectivity index (χ0) is 23.1. The van der Waals surface area contributed by atoms with E-state index in [1.807, 2.05) is 12.1 Å². The molecule has 0 heterocycles. The van der Waals surface area contributed by atoms with Gasteiger partial charge < -0.3 is 9.84 Å². The van der Waals surface area contributed by atoms with Crippen LogP contribution in [0.4, 0.5) is 0 Å². The van der Waals surface area contributed by atoms with Crippen molar-refractivity contribution in [1.29, 1.82) is 0 Å². The lowest BCUT2D eigenvalue weighted by Gasteiger charge is -2.06. The Morgan fingerprint density at radius 3 is 1.69 bits per heavy atom.